The lowest BCUT2D eigenvalue weighted by Gasteiger charge is -2.15. The summed E-state index contributed by atoms with van der Waals surface area (Å²) in [5, 5.41) is 1.08. The number of ether oxygens (including phenoxy) is 3. The summed E-state index contributed by atoms with van der Waals surface area (Å²) in [4.78, 5) is 18.9. The predicted molar refractivity (Wildman–Crippen MR) is 116 cm³/mol. The highest BCUT2D eigenvalue weighted by atomic mass is 16.5. The third kappa shape index (κ3) is 4.38. The first kappa shape index (κ1) is 19.8. The van der Waals surface area contributed by atoms with Crippen LogP contribution in [0.5, 0.6) is 17.4 Å². The van der Waals surface area contributed by atoms with Gasteiger partial charge in [0, 0.05) is 30.5 Å². The third-order valence-electron chi connectivity index (χ3n) is 5.14. The van der Waals surface area contributed by atoms with E-state index in [2.05, 4.69) is 4.98 Å². The van der Waals surface area contributed by atoms with Gasteiger partial charge in [-0.25, -0.2) is 4.98 Å². The van der Waals surface area contributed by atoms with E-state index in [1.807, 2.05) is 54.6 Å². The second-order valence-corrected chi connectivity index (χ2v) is 7.10. The lowest BCUT2D eigenvalue weighted by atomic mass is 10.2. The fourth-order valence-corrected chi connectivity index (χ4v) is 3.54. The Kier molecular flexibility index (Phi) is 5.84. The smallest absolute Gasteiger partial charge is 0.246 e. The molecule has 2 aromatic carbocycles. The highest BCUT2D eigenvalue weighted by Crippen LogP contribution is 2.28. The fraction of sp³-hybridized carbons (Fsp3) is 0.250. The number of carbonyl (C=O) groups excluding carboxylic acids is 1. The van der Waals surface area contributed by atoms with E-state index in [9.17, 15) is 4.79 Å². The minimum Gasteiger partial charge on any atom is -0.493 e. The van der Waals surface area contributed by atoms with Gasteiger partial charge in [-0.3, -0.25) is 4.79 Å². The maximum atomic E-state index is 12.6. The number of carbonyl (C=O) groups is 1. The van der Waals surface area contributed by atoms with Crippen LogP contribution in [-0.4, -0.2) is 49.2 Å². The normalized spacial score (nSPS) is 16.2. The summed E-state index contributed by atoms with van der Waals surface area (Å²) in [5.74, 6) is 1.84. The molecule has 3 aromatic rings. The van der Waals surface area contributed by atoms with Crippen molar-refractivity contribution in [2.75, 3.05) is 27.3 Å². The molecule has 6 heteroatoms. The first-order chi connectivity index (χ1) is 14.7. The van der Waals surface area contributed by atoms with Gasteiger partial charge >= 0.3 is 0 Å². The summed E-state index contributed by atoms with van der Waals surface area (Å²) >= 11 is 0. The minimum absolute atomic E-state index is 0.0395. The Balaban J connectivity index is 1.36. The molecular weight excluding hydrogens is 380 g/mol. The van der Waals surface area contributed by atoms with Gasteiger partial charge in [-0.15, -0.1) is 0 Å². The largest absolute Gasteiger partial charge is 0.493 e. The zero-order valence-corrected chi connectivity index (χ0v) is 17.1. The topological polar surface area (TPSA) is 60.9 Å². The summed E-state index contributed by atoms with van der Waals surface area (Å²) in [7, 11) is 3.18. The molecule has 6 nitrogen and oxygen atoms in total. The molecule has 0 N–H and O–H groups in total. The average molecular weight is 404 g/mol. The molecule has 0 radical (unpaired) electrons. The van der Waals surface area contributed by atoms with Crippen LogP contribution in [0, 0.1) is 0 Å². The molecule has 1 aliphatic rings. The summed E-state index contributed by atoms with van der Waals surface area (Å²) in [6.45, 7) is 1.21. The Hall–Kier alpha value is -3.54. The Morgan fingerprint density at radius 1 is 1.07 bits per heavy atom. The van der Waals surface area contributed by atoms with Gasteiger partial charge in [-0.2, -0.15) is 0 Å². The molecule has 1 saturated heterocycles. The number of likely N-dealkylation sites (tertiary alicyclic amines) is 1. The number of nitrogens with zero attached hydrogens (tertiary/aromatic N) is 2. The van der Waals surface area contributed by atoms with Crippen molar-refractivity contribution in [2.45, 2.75) is 12.5 Å². The van der Waals surface area contributed by atoms with E-state index in [0.717, 1.165) is 22.9 Å². The average Bonchev–Trinajstić information content (AvgIpc) is 3.25. The quantitative estimate of drug-likeness (QED) is 0.583. The van der Waals surface area contributed by atoms with Crippen LogP contribution in [0.1, 0.15) is 12.0 Å². The molecule has 4 rings (SSSR count). The van der Waals surface area contributed by atoms with E-state index in [0.29, 0.717) is 30.5 Å². The van der Waals surface area contributed by atoms with Gasteiger partial charge in [0.2, 0.25) is 11.8 Å². The van der Waals surface area contributed by atoms with Gasteiger partial charge in [0.05, 0.1) is 26.3 Å². The fourth-order valence-electron chi connectivity index (χ4n) is 3.54. The molecule has 1 aliphatic heterocycles. The van der Waals surface area contributed by atoms with Crippen LogP contribution in [0.25, 0.3) is 17.0 Å². The maximum Gasteiger partial charge on any atom is 0.246 e. The molecular formula is C24H24N2O4. The number of methoxy groups -OCH3 is 2. The van der Waals surface area contributed by atoms with Crippen molar-refractivity contribution in [3.8, 4) is 17.4 Å². The molecule has 1 amide bonds. The second kappa shape index (κ2) is 8.86. The molecule has 0 aliphatic carbocycles. The summed E-state index contributed by atoms with van der Waals surface area (Å²) in [6, 6.07) is 17.3. The molecule has 0 bridgehead atoms. The first-order valence-corrected chi connectivity index (χ1v) is 9.88. The molecule has 1 aromatic heterocycles. The number of pyridine rings is 1. The molecule has 0 saturated carbocycles. The SMILES string of the molecule is COc1ccc(C=CC(=O)N2CCC(Oc3ccc4ccccc4n3)C2)cc1OC. The Morgan fingerprint density at radius 3 is 2.73 bits per heavy atom. The second-order valence-electron chi connectivity index (χ2n) is 7.10. The van der Waals surface area contributed by atoms with Gasteiger partial charge in [-0.1, -0.05) is 24.3 Å². The van der Waals surface area contributed by atoms with Crippen LogP contribution < -0.4 is 14.2 Å². The van der Waals surface area contributed by atoms with Crippen molar-refractivity contribution in [3.63, 3.8) is 0 Å². The van der Waals surface area contributed by atoms with E-state index in [1.165, 1.54) is 0 Å². The van der Waals surface area contributed by atoms with Crippen LogP contribution in [-0.2, 0) is 4.79 Å². The highest BCUT2D eigenvalue weighted by molar-refractivity contribution is 5.92. The standard InChI is InChI=1S/C24H24N2O4/c1-28-21-10-7-17(15-22(21)29-2)8-12-24(27)26-14-13-19(16-26)30-23-11-9-18-5-3-4-6-20(18)25-23/h3-12,15,19H,13-14,16H2,1-2H3. The van der Waals surface area contributed by atoms with Crippen LogP contribution in [0.3, 0.4) is 0 Å². The number of para-hydroxylation sites is 1. The van der Waals surface area contributed by atoms with Crippen molar-refractivity contribution < 1.29 is 19.0 Å². The molecule has 1 unspecified atom stereocenters. The van der Waals surface area contributed by atoms with Gasteiger partial charge in [-0.05, 0) is 35.9 Å². The zero-order valence-electron chi connectivity index (χ0n) is 17.1. The predicted octanol–water partition coefficient (Wildman–Crippen LogP) is 3.95. The number of benzene rings is 2. The molecule has 1 fully saturated rings. The summed E-state index contributed by atoms with van der Waals surface area (Å²) in [6.07, 6.45) is 4.09. The van der Waals surface area contributed by atoms with Crippen molar-refractivity contribution in [1.82, 2.24) is 9.88 Å². The van der Waals surface area contributed by atoms with Crippen molar-refractivity contribution in [3.05, 3.63) is 66.2 Å². The van der Waals surface area contributed by atoms with E-state index in [4.69, 9.17) is 14.2 Å². The molecule has 0 spiro atoms. The lowest BCUT2D eigenvalue weighted by Crippen LogP contribution is -2.29. The third-order valence-corrected chi connectivity index (χ3v) is 5.14. The summed E-state index contributed by atoms with van der Waals surface area (Å²) in [5.41, 5.74) is 1.77. The monoisotopic (exact) mass is 404 g/mol. The number of rotatable bonds is 6. The number of aromatic nitrogens is 1. The number of hydrogen-bond acceptors (Lipinski definition) is 5. The number of amides is 1. The maximum absolute atomic E-state index is 12.6. The lowest BCUT2D eigenvalue weighted by molar-refractivity contribution is -0.125. The Labute approximate surface area is 175 Å². The zero-order chi connectivity index (χ0) is 20.9. The Morgan fingerprint density at radius 2 is 1.90 bits per heavy atom. The summed E-state index contributed by atoms with van der Waals surface area (Å²) < 4.78 is 16.6. The Bertz CT molecular complexity index is 1080. The molecule has 30 heavy (non-hydrogen) atoms. The van der Waals surface area contributed by atoms with Crippen LogP contribution >= 0.6 is 0 Å². The van der Waals surface area contributed by atoms with Crippen molar-refractivity contribution in [2.24, 2.45) is 0 Å². The van der Waals surface area contributed by atoms with Crippen LogP contribution in [0.15, 0.2) is 60.7 Å². The first-order valence-electron chi connectivity index (χ1n) is 9.88. The van der Waals surface area contributed by atoms with Crippen molar-refractivity contribution in [1.29, 1.82) is 0 Å². The van der Waals surface area contributed by atoms with Gasteiger partial charge in [0.15, 0.2) is 11.5 Å². The van der Waals surface area contributed by atoms with Crippen LogP contribution in [0.2, 0.25) is 0 Å². The minimum atomic E-state index is -0.0582. The van der Waals surface area contributed by atoms with Gasteiger partial charge in [0.1, 0.15) is 6.10 Å². The number of hydrogen-bond donors (Lipinski definition) is 0. The molecule has 154 valence electrons. The van der Waals surface area contributed by atoms with E-state index in [-0.39, 0.29) is 12.0 Å². The molecule has 2 heterocycles. The van der Waals surface area contributed by atoms with E-state index >= 15 is 0 Å². The molecule has 1 atom stereocenters. The van der Waals surface area contributed by atoms with Crippen molar-refractivity contribution >= 4 is 22.9 Å². The van der Waals surface area contributed by atoms with Gasteiger partial charge < -0.3 is 19.1 Å². The van der Waals surface area contributed by atoms with Gasteiger partial charge in [0.25, 0.3) is 0 Å². The van der Waals surface area contributed by atoms with E-state index < -0.39 is 0 Å². The number of fused-ring (bicyclic) bond motifs is 1. The van der Waals surface area contributed by atoms with E-state index in [1.54, 1.807) is 31.3 Å². The van der Waals surface area contributed by atoms with Crippen LogP contribution in [0.4, 0.5) is 0 Å². The highest BCUT2D eigenvalue weighted by Gasteiger charge is 2.26.